The topological polar surface area (TPSA) is 58.6 Å². The Bertz CT molecular complexity index is 928. The molecule has 0 bridgehead atoms. The maximum atomic E-state index is 13.3. The highest BCUT2D eigenvalue weighted by atomic mass is 79.9. The molecule has 0 fully saturated rings. The predicted molar refractivity (Wildman–Crippen MR) is 133 cm³/mol. The molecule has 32 heavy (non-hydrogen) atoms. The Morgan fingerprint density at radius 3 is 2.31 bits per heavy atom. The van der Waals surface area contributed by atoms with Crippen LogP contribution in [0.3, 0.4) is 0 Å². The zero-order valence-corrected chi connectivity index (χ0v) is 21.7. The number of ether oxygens (including phenoxy) is 1. The van der Waals surface area contributed by atoms with Crippen LogP contribution in [0.15, 0.2) is 40.9 Å². The van der Waals surface area contributed by atoms with Crippen LogP contribution in [0.25, 0.3) is 0 Å². The first-order valence-electron chi connectivity index (χ1n) is 10.9. The van der Waals surface area contributed by atoms with Gasteiger partial charge in [-0.3, -0.25) is 9.59 Å². The van der Waals surface area contributed by atoms with Crippen molar-refractivity contribution in [2.75, 3.05) is 6.61 Å². The van der Waals surface area contributed by atoms with Gasteiger partial charge in [0.1, 0.15) is 11.8 Å². The number of nitrogens with zero attached hydrogens (tertiary/aromatic N) is 1. The quantitative estimate of drug-likeness (QED) is 0.427. The van der Waals surface area contributed by atoms with Crippen molar-refractivity contribution in [1.29, 1.82) is 0 Å². The van der Waals surface area contributed by atoms with Crippen molar-refractivity contribution in [1.82, 2.24) is 10.2 Å². The Hall–Kier alpha value is -2.05. The normalized spacial score (nSPS) is 12.7. The number of nitrogens with one attached hydrogen (secondary N) is 1. The van der Waals surface area contributed by atoms with Crippen LogP contribution >= 0.6 is 27.5 Å². The van der Waals surface area contributed by atoms with Crippen molar-refractivity contribution in [2.45, 2.75) is 66.1 Å². The summed E-state index contributed by atoms with van der Waals surface area (Å²) in [5.74, 6) is 0.179. The van der Waals surface area contributed by atoms with Crippen molar-refractivity contribution >= 4 is 39.3 Å². The summed E-state index contributed by atoms with van der Waals surface area (Å²) >= 11 is 9.90. The van der Waals surface area contributed by atoms with Crippen molar-refractivity contribution in [2.24, 2.45) is 0 Å². The number of amides is 2. The maximum Gasteiger partial charge on any atom is 0.261 e. The molecule has 2 atom stereocenters. The molecule has 0 aromatic heterocycles. The van der Waals surface area contributed by atoms with E-state index in [9.17, 15) is 9.59 Å². The Morgan fingerprint density at radius 1 is 1.12 bits per heavy atom. The van der Waals surface area contributed by atoms with Gasteiger partial charge in [-0.05, 0) is 68.5 Å². The lowest BCUT2D eigenvalue weighted by molar-refractivity contribution is -0.143. The molecular weight excluding hydrogens is 492 g/mol. The molecule has 2 aromatic carbocycles. The zero-order valence-electron chi connectivity index (χ0n) is 19.4. The van der Waals surface area contributed by atoms with Gasteiger partial charge in [-0.25, -0.2) is 0 Å². The molecule has 0 aliphatic heterocycles. The highest BCUT2D eigenvalue weighted by Gasteiger charge is 2.30. The first-order chi connectivity index (χ1) is 15.2. The zero-order chi connectivity index (χ0) is 23.8. The van der Waals surface area contributed by atoms with Crippen LogP contribution in [-0.2, 0) is 16.1 Å². The molecule has 5 nitrogen and oxygen atoms in total. The summed E-state index contributed by atoms with van der Waals surface area (Å²) in [5, 5.41) is 3.56. The molecule has 2 amide bonds. The fraction of sp³-hybridized carbons (Fsp3) is 0.440. The van der Waals surface area contributed by atoms with Crippen LogP contribution in [0, 0.1) is 13.8 Å². The first-order valence-corrected chi connectivity index (χ1v) is 12.1. The molecule has 0 unspecified atom stereocenters. The number of hydrogen-bond donors (Lipinski definition) is 1. The largest absolute Gasteiger partial charge is 0.484 e. The lowest BCUT2D eigenvalue weighted by Crippen LogP contribution is -2.51. The third kappa shape index (κ3) is 6.97. The van der Waals surface area contributed by atoms with E-state index in [1.54, 1.807) is 11.0 Å². The Balaban J connectivity index is 2.26. The fourth-order valence-electron chi connectivity index (χ4n) is 3.39. The van der Waals surface area contributed by atoms with E-state index in [2.05, 4.69) is 21.2 Å². The molecule has 0 aliphatic carbocycles. The number of hydrogen-bond acceptors (Lipinski definition) is 3. The molecular formula is C25H32BrClN2O3. The summed E-state index contributed by atoms with van der Waals surface area (Å²) in [6.07, 6.45) is 1.29. The first kappa shape index (κ1) is 26.2. The van der Waals surface area contributed by atoms with E-state index in [0.29, 0.717) is 17.2 Å². The molecule has 0 aliphatic rings. The summed E-state index contributed by atoms with van der Waals surface area (Å²) in [6, 6.07) is 10.5. The lowest BCUT2D eigenvalue weighted by atomic mass is 10.1. The second-order valence-electron chi connectivity index (χ2n) is 8.01. The summed E-state index contributed by atoms with van der Waals surface area (Å²) < 4.78 is 6.85. The monoisotopic (exact) mass is 522 g/mol. The average Bonchev–Trinajstić information content (AvgIpc) is 2.76. The molecule has 0 heterocycles. The van der Waals surface area contributed by atoms with Gasteiger partial charge in [0.05, 0.1) is 0 Å². The van der Waals surface area contributed by atoms with Gasteiger partial charge in [0.25, 0.3) is 5.91 Å². The second-order valence-corrected chi connectivity index (χ2v) is 9.21. The number of benzene rings is 2. The third-order valence-corrected chi connectivity index (χ3v) is 7.08. The van der Waals surface area contributed by atoms with Crippen LogP contribution in [0.2, 0.25) is 5.02 Å². The van der Waals surface area contributed by atoms with E-state index in [4.69, 9.17) is 16.3 Å². The van der Waals surface area contributed by atoms with Gasteiger partial charge in [0.15, 0.2) is 6.61 Å². The van der Waals surface area contributed by atoms with Gasteiger partial charge in [-0.2, -0.15) is 0 Å². The molecule has 2 rings (SSSR count). The summed E-state index contributed by atoms with van der Waals surface area (Å²) in [6.45, 7) is 9.87. The van der Waals surface area contributed by atoms with Gasteiger partial charge in [0.2, 0.25) is 5.91 Å². The van der Waals surface area contributed by atoms with Crippen LogP contribution in [0.4, 0.5) is 0 Å². The number of halogens is 2. The van der Waals surface area contributed by atoms with E-state index in [0.717, 1.165) is 27.6 Å². The van der Waals surface area contributed by atoms with Crippen LogP contribution in [-0.4, -0.2) is 35.4 Å². The van der Waals surface area contributed by atoms with Gasteiger partial charge < -0.3 is 15.0 Å². The standard InChI is InChI=1S/C25H32BrClN2O3/c1-6-18(5)28-25(31)22(7-2)29(14-19-10-8-9-11-21(19)27)23(30)15-32-20-12-16(3)24(26)17(4)13-20/h8-13,18,22H,6-7,14-15H2,1-5H3,(H,28,31)/t18-,22+/m0/s1. The summed E-state index contributed by atoms with van der Waals surface area (Å²) in [5.41, 5.74) is 2.84. The molecule has 0 saturated carbocycles. The van der Waals surface area contributed by atoms with Crippen LogP contribution in [0.1, 0.15) is 50.3 Å². The van der Waals surface area contributed by atoms with Gasteiger partial charge in [-0.1, -0.05) is 59.6 Å². The number of aryl methyl sites for hydroxylation is 2. The van der Waals surface area contributed by atoms with Crippen molar-refractivity contribution < 1.29 is 14.3 Å². The number of rotatable bonds is 10. The fourth-order valence-corrected chi connectivity index (χ4v) is 3.81. The van der Waals surface area contributed by atoms with Gasteiger partial charge in [0, 0.05) is 22.1 Å². The molecule has 1 N–H and O–H groups in total. The predicted octanol–water partition coefficient (Wildman–Crippen LogP) is 5.82. The summed E-state index contributed by atoms with van der Waals surface area (Å²) in [4.78, 5) is 27.8. The number of carbonyl (C=O) groups excluding carboxylic acids is 2. The SMILES string of the molecule is CC[C@H](C(=O)N[C@@H](C)CC)N(Cc1ccccc1Cl)C(=O)COc1cc(C)c(Br)c(C)c1. The highest BCUT2D eigenvalue weighted by Crippen LogP contribution is 2.26. The Kier molecular flexibility index (Phi) is 10.0. The van der Waals surface area contributed by atoms with E-state index in [1.165, 1.54) is 0 Å². The minimum absolute atomic E-state index is 0.0266. The molecule has 174 valence electrons. The Labute approximate surface area is 204 Å². The lowest BCUT2D eigenvalue weighted by Gasteiger charge is -2.31. The molecule has 7 heteroatoms. The second kappa shape index (κ2) is 12.3. The van der Waals surface area contributed by atoms with Crippen LogP contribution in [0.5, 0.6) is 5.75 Å². The minimum Gasteiger partial charge on any atom is -0.484 e. The number of carbonyl (C=O) groups is 2. The maximum absolute atomic E-state index is 13.3. The molecule has 0 spiro atoms. The average molecular weight is 524 g/mol. The smallest absolute Gasteiger partial charge is 0.261 e. The van der Waals surface area contributed by atoms with Crippen LogP contribution < -0.4 is 10.1 Å². The molecule has 0 saturated heterocycles. The molecule has 2 aromatic rings. The molecule has 0 radical (unpaired) electrons. The van der Waals surface area contributed by atoms with E-state index < -0.39 is 6.04 Å². The third-order valence-electron chi connectivity index (χ3n) is 5.46. The van der Waals surface area contributed by atoms with E-state index in [-0.39, 0.29) is 31.0 Å². The van der Waals surface area contributed by atoms with E-state index >= 15 is 0 Å². The Morgan fingerprint density at radius 2 is 1.75 bits per heavy atom. The minimum atomic E-state index is -0.621. The van der Waals surface area contributed by atoms with E-state index in [1.807, 2.05) is 65.0 Å². The van der Waals surface area contributed by atoms with Crippen molar-refractivity contribution in [3.8, 4) is 5.75 Å². The van der Waals surface area contributed by atoms with Gasteiger partial charge >= 0.3 is 0 Å². The highest BCUT2D eigenvalue weighted by molar-refractivity contribution is 9.10. The van der Waals surface area contributed by atoms with Crippen molar-refractivity contribution in [3.63, 3.8) is 0 Å². The van der Waals surface area contributed by atoms with Crippen molar-refractivity contribution in [3.05, 3.63) is 62.6 Å². The van der Waals surface area contributed by atoms with Gasteiger partial charge in [-0.15, -0.1) is 0 Å². The summed E-state index contributed by atoms with van der Waals surface area (Å²) in [7, 11) is 0.